The zero-order chi connectivity index (χ0) is 24.3. The van der Waals surface area contributed by atoms with Gasteiger partial charge in [0.15, 0.2) is 0 Å². The molecule has 3 aromatic rings. The molecule has 0 aliphatic carbocycles. The van der Waals surface area contributed by atoms with Crippen LogP contribution in [0.15, 0.2) is 41.3 Å². The van der Waals surface area contributed by atoms with Crippen molar-refractivity contribution < 1.29 is 22.3 Å². The maximum absolute atomic E-state index is 13.8. The lowest BCUT2D eigenvalue weighted by Gasteiger charge is -2.13. The number of halogens is 2. The number of rotatable bonds is 8. The summed E-state index contributed by atoms with van der Waals surface area (Å²) >= 11 is 7.43. The molecule has 1 N–H and O–H groups in total. The molecule has 0 saturated heterocycles. The molecular formula is C23H24ClFN2O4S2. The molecular weight excluding hydrogens is 487 g/mol. The molecule has 0 bridgehead atoms. The van der Waals surface area contributed by atoms with E-state index in [1.165, 1.54) is 36.6 Å². The first kappa shape index (κ1) is 25.3. The first-order valence-corrected chi connectivity index (χ1v) is 12.9. The molecule has 1 heterocycles. The highest BCUT2D eigenvalue weighted by atomic mass is 35.5. The molecule has 0 unspecified atom stereocenters. The van der Waals surface area contributed by atoms with Crippen LogP contribution in [0.1, 0.15) is 46.3 Å². The Morgan fingerprint density at radius 2 is 2.00 bits per heavy atom. The topological polar surface area (TPSA) is 85.4 Å². The summed E-state index contributed by atoms with van der Waals surface area (Å²) in [5.41, 5.74) is 2.13. The first-order valence-electron chi connectivity index (χ1n) is 10.2. The second-order valence-corrected chi connectivity index (χ2v) is 11.0. The number of nitrogens with one attached hydrogen (secondary N) is 1. The molecule has 10 heteroatoms. The average Bonchev–Trinajstić information content (AvgIpc) is 3.14. The number of sulfonamides is 1. The summed E-state index contributed by atoms with van der Waals surface area (Å²) in [6.07, 6.45) is 0.336. The third-order valence-corrected chi connectivity index (χ3v) is 7.98. The van der Waals surface area contributed by atoms with Gasteiger partial charge in [-0.15, -0.1) is 11.3 Å². The summed E-state index contributed by atoms with van der Waals surface area (Å²) in [6.45, 7) is 5.79. The second-order valence-electron chi connectivity index (χ2n) is 7.67. The SMILES string of the molecule is COC(=O)c1cc(S(=O)(=O)NCCc2nc(-c3cccc(F)c3Cl)sc2C)ccc1C(C)C. The van der Waals surface area contributed by atoms with Crippen molar-refractivity contribution in [1.29, 1.82) is 0 Å². The van der Waals surface area contributed by atoms with Crippen LogP contribution >= 0.6 is 22.9 Å². The molecule has 0 radical (unpaired) electrons. The number of nitrogens with zero attached hydrogens (tertiary/aromatic N) is 1. The molecule has 176 valence electrons. The van der Waals surface area contributed by atoms with Gasteiger partial charge in [0.05, 0.1) is 28.3 Å². The predicted molar refractivity (Wildman–Crippen MR) is 128 cm³/mol. The fourth-order valence-corrected chi connectivity index (χ4v) is 5.64. The standard InChI is InChI=1S/C23H24ClFN2O4S2/c1-13(2)16-9-8-15(12-18(16)23(28)31-4)33(29,30)26-11-10-20-14(3)32-22(27-20)17-6-5-7-19(25)21(17)24/h5-9,12-13,26H,10-11H2,1-4H3. The van der Waals surface area contributed by atoms with Crippen LogP contribution in [0.5, 0.6) is 0 Å². The summed E-state index contributed by atoms with van der Waals surface area (Å²) in [4.78, 5) is 17.5. The number of esters is 1. The number of carbonyl (C=O) groups is 1. The Kier molecular flexibility index (Phi) is 7.89. The number of benzene rings is 2. The van der Waals surface area contributed by atoms with Crippen LogP contribution in [0.25, 0.3) is 10.6 Å². The van der Waals surface area contributed by atoms with Crippen LogP contribution < -0.4 is 4.72 Å². The van der Waals surface area contributed by atoms with E-state index < -0.39 is 21.8 Å². The quantitative estimate of drug-likeness (QED) is 0.413. The van der Waals surface area contributed by atoms with Crippen LogP contribution in [0.2, 0.25) is 5.02 Å². The lowest BCUT2D eigenvalue weighted by molar-refractivity contribution is 0.0598. The van der Waals surface area contributed by atoms with E-state index >= 15 is 0 Å². The van der Waals surface area contributed by atoms with Gasteiger partial charge in [-0.3, -0.25) is 0 Å². The second kappa shape index (κ2) is 10.3. The third kappa shape index (κ3) is 5.60. The Morgan fingerprint density at radius 3 is 2.67 bits per heavy atom. The number of hydrogen-bond acceptors (Lipinski definition) is 6. The number of hydrogen-bond donors (Lipinski definition) is 1. The maximum atomic E-state index is 13.8. The van der Waals surface area contributed by atoms with E-state index in [0.29, 0.717) is 28.2 Å². The summed E-state index contributed by atoms with van der Waals surface area (Å²) in [6, 6.07) is 8.97. The molecule has 0 saturated carbocycles. The van der Waals surface area contributed by atoms with Crippen LogP contribution in [0.3, 0.4) is 0 Å². The van der Waals surface area contributed by atoms with Gasteiger partial charge in [-0.2, -0.15) is 0 Å². The monoisotopic (exact) mass is 510 g/mol. The number of aryl methyl sites for hydroxylation is 1. The smallest absolute Gasteiger partial charge is 0.338 e. The lowest BCUT2D eigenvalue weighted by atomic mass is 9.97. The fourth-order valence-electron chi connectivity index (χ4n) is 3.32. The van der Waals surface area contributed by atoms with E-state index in [1.54, 1.807) is 18.2 Å². The number of aromatic nitrogens is 1. The molecule has 0 atom stereocenters. The van der Waals surface area contributed by atoms with Crippen molar-refractivity contribution in [1.82, 2.24) is 9.71 Å². The van der Waals surface area contributed by atoms with Gasteiger partial charge < -0.3 is 4.74 Å². The van der Waals surface area contributed by atoms with Crippen molar-refractivity contribution in [2.24, 2.45) is 0 Å². The largest absolute Gasteiger partial charge is 0.465 e. The van der Waals surface area contributed by atoms with Gasteiger partial charge in [0.25, 0.3) is 0 Å². The molecule has 6 nitrogen and oxygen atoms in total. The van der Waals surface area contributed by atoms with Crippen molar-refractivity contribution in [3.8, 4) is 10.6 Å². The van der Waals surface area contributed by atoms with E-state index in [9.17, 15) is 17.6 Å². The van der Waals surface area contributed by atoms with Crippen molar-refractivity contribution >= 4 is 38.9 Å². The lowest BCUT2D eigenvalue weighted by Crippen LogP contribution is -2.26. The van der Waals surface area contributed by atoms with Crippen LogP contribution in [-0.4, -0.2) is 33.0 Å². The molecule has 2 aromatic carbocycles. The Balaban J connectivity index is 1.76. The van der Waals surface area contributed by atoms with Gasteiger partial charge >= 0.3 is 5.97 Å². The van der Waals surface area contributed by atoms with Crippen LogP contribution in [-0.2, 0) is 21.2 Å². The maximum Gasteiger partial charge on any atom is 0.338 e. The average molecular weight is 511 g/mol. The van der Waals surface area contributed by atoms with E-state index in [1.807, 2.05) is 20.8 Å². The van der Waals surface area contributed by atoms with Gasteiger partial charge in [-0.1, -0.05) is 43.6 Å². The zero-order valence-corrected chi connectivity index (χ0v) is 21.0. The minimum atomic E-state index is -3.86. The zero-order valence-electron chi connectivity index (χ0n) is 18.6. The van der Waals surface area contributed by atoms with Gasteiger partial charge in [0.1, 0.15) is 10.8 Å². The van der Waals surface area contributed by atoms with Crippen molar-refractivity contribution in [2.75, 3.05) is 13.7 Å². The Bertz CT molecular complexity index is 1290. The minimum Gasteiger partial charge on any atom is -0.465 e. The van der Waals surface area contributed by atoms with Gasteiger partial charge in [-0.25, -0.2) is 27.3 Å². The summed E-state index contributed by atoms with van der Waals surface area (Å²) in [7, 11) is -2.60. The van der Waals surface area contributed by atoms with Crippen molar-refractivity contribution in [3.05, 3.63) is 68.9 Å². The summed E-state index contributed by atoms with van der Waals surface area (Å²) < 4.78 is 46.8. The highest BCUT2D eigenvalue weighted by Gasteiger charge is 2.21. The number of thiazole rings is 1. The summed E-state index contributed by atoms with van der Waals surface area (Å²) in [5, 5.41) is 0.576. The Hall–Kier alpha value is -2.33. The minimum absolute atomic E-state index is 0.00441. The van der Waals surface area contributed by atoms with Gasteiger partial charge in [-0.05, 0) is 36.6 Å². The highest BCUT2D eigenvalue weighted by Crippen LogP contribution is 2.34. The Labute approximate surface area is 201 Å². The molecule has 1 aromatic heterocycles. The first-order chi connectivity index (χ1) is 15.5. The molecule has 0 aliphatic rings. The molecule has 33 heavy (non-hydrogen) atoms. The summed E-state index contributed by atoms with van der Waals surface area (Å²) in [5.74, 6) is -1.08. The number of ether oxygens (including phenoxy) is 1. The van der Waals surface area contributed by atoms with Crippen molar-refractivity contribution in [3.63, 3.8) is 0 Å². The Morgan fingerprint density at radius 1 is 1.27 bits per heavy atom. The van der Waals surface area contributed by atoms with E-state index in [2.05, 4.69) is 9.71 Å². The molecule has 0 spiro atoms. The van der Waals surface area contributed by atoms with Crippen LogP contribution in [0.4, 0.5) is 4.39 Å². The van der Waals surface area contributed by atoms with E-state index in [4.69, 9.17) is 16.3 Å². The third-order valence-electron chi connectivity index (χ3n) is 5.09. The highest BCUT2D eigenvalue weighted by molar-refractivity contribution is 7.89. The molecule has 0 amide bonds. The molecule has 0 aliphatic heterocycles. The number of methoxy groups -OCH3 is 1. The van der Waals surface area contributed by atoms with Gasteiger partial charge in [0.2, 0.25) is 10.0 Å². The number of carbonyl (C=O) groups excluding carboxylic acids is 1. The van der Waals surface area contributed by atoms with E-state index in [-0.39, 0.29) is 27.9 Å². The fraction of sp³-hybridized carbons (Fsp3) is 0.304. The van der Waals surface area contributed by atoms with E-state index in [0.717, 1.165) is 4.88 Å². The van der Waals surface area contributed by atoms with Crippen molar-refractivity contribution in [2.45, 2.75) is 38.0 Å². The normalized spacial score (nSPS) is 11.7. The van der Waals surface area contributed by atoms with Crippen LogP contribution in [0, 0.1) is 12.7 Å². The molecule has 3 rings (SSSR count). The predicted octanol–water partition coefficient (Wildman–Crippen LogP) is 5.34. The van der Waals surface area contributed by atoms with Gasteiger partial charge in [0, 0.05) is 23.4 Å². The molecule has 0 fully saturated rings.